The van der Waals surface area contributed by atoms with Gasteiger partial charge in [0.05, 0.1) is 12.2 Å². The fraction of sp³-hybridized carbons (Fsp3) is 0.385. The predicted molar refractivity (Wildman–Crippen MR) is 66.0 cm³/mol. The van der Waals surface area contributed by atoms with Crippen LogP contribution in [0.15, 0.2) is 28.8 Å². The molecule has 5 nitrogen and oxygen atoms in total. The van der Waals surface area contributed by atoms with E-state index < -0.39 is 17.3 Å². The van der Waals surface area contributed by atoms with Crippen molar-refractivity contribution in [1.82, 2.24) is 10.1 Å². The van der Waals surface area contributed by atoms with Gasteiger partial charge in [0.15, 0.2) is 0 Å². The summed E-state index contributed by atoms with van der Waals surface area (Å²) in [4.78, 5) is 4.11. The first-order chi connectivity index (χ1) is 9.88. The van der Waals surface area contributed by atoms with E-state index in [-0.39, 0.29) is 23.9 Å². The average Bonchev–Trinajstić information content (AvgIpc) is 3.07. The Hall–Kier alpha value is -1.93. The van der Waals surface area contributed by atoms with Gasteiger partial charge in [-0.25, -0.2) is 0 Å². The average molecular weight is 299 g/mol. The number of hydrogen-bond acceptors (Lipinski definition) is 5. The molecule has 1 aliphatic rings. The molecule has 0 spiro atoms. The van der Waals surface area contributed by atoms with E-state index in [1.165, 1.54) is 12.1 Å². The number of nitrogens with zero attached hydrogens (tertiary/aromatic N) is 2. The lowest BCUT2D eigenvalue weighted by Gasteiger charge is -2.15. The van der Waals surface area contributed by atoms with E-state index in [2.05, 4.69) is 10.1 Å². The molecule has 0 amide bonds. The molecule has 0 radical (unpaired) electrons. The third-order valence-corrected chi connectivity index (χ3v) is 3.35. The molecule has 1 unspecified atom stereocenters. The van der Waals surface area contributed by atoms with Crippen LogP contribution in [-0.4, -0.2) is 23.4 Å². The largest absolute Gasteiger partial charge is 0.416 e. The Morgan fingerprint density at radius 2 is 2.10 bits per heavy atom. The summed E-state index contributed by atoms with van der Waals surface area (Å²) in [5, 5.41) is 3.71. The van der Waals surface area contributed by atoms with E-state index in [1.54, 1.807) is 0 Å². The minimum absolute atomic E-state index is 0.0767. The number of alkyl halides is 3. The molecule has 3 rings (SSSR count). The number of rotatable bonds is 2. The maximum atomic E-state index is 12.7. The summed E-state index contributed by atoms with van der Waals surface area (Å²) in [6, 6.07) is 4.74. The van der Waals surface area contributed by atoms with Gasteiger partial charge >= 0.3 is 6.18 Å². The SMILES string of the molecule is NC1(c2nc(-c3cccc(C(F)(F)F)c3)no2)CCOC1. The van der Waals surface area contributed by atoms with Gasteiger partial charge in [-0.15, -0.1) is 0 Å². The molecule has 2 aromatic rings. The normalized spacial score (nSPS) is 22.7. The van der Waals surface area contributed by atoms with E-state index in [1.807, 2.05) is 0 Å². The topological polar surface area (TPSA) is 74.2 Å². The van der Waals surface area contributed by atoms with Crippen molar-refractivity contribution in [3.05, 3.63) is 35.7 Å². The molecule has 2 heterocycles. The van der Waals surface area contributed by atoms with Crippen molar-refractivity contribution < 1.29 is 22.4 Å². The van der Waals surface area contributed by atoms with E-state index in [4.69, 9.17) is 15.0 Å². The van der Waals surface area contributed by atoms with Crippen LogP contribution in [0.1, 0.15) is 17.9 Å². The fourth-order valence-electron chi connectivity index (χ4n) is 2.13. The Kier molecular flexibility index (Phi) is 3.22. The molecule has 1 aromatic carbocycles. The number of aromatic nitrogens is 2. The summed E-state index contributed by atoms with van der Waals surface area (Å²) in [5.74, 6) is 0.250. The maximum absolute atomic E-state index is 12.7. The molecule has 0 aliphatic carbocycles. The molecule has 8 heteroatoms. The highest BCUT2D eigenvalue weighted by atomic mass is 19.4. The summed E-state index contributed by atoms with van der Waals surface area (Å²) < 4.78 is 48.4. The van der Waals surface area contributed by atoms with E-state index in [0.717, 1.165) is 12.1 Å². The van der Waals surface area contributed by atoms with Crippen LogP contribution in [0.25, 0.3) is 11.4 Å². The Balaban J connectivity index is 1.93. The molecule has 1 aliphatic heterocycles. The smallest absolute Gasteiger partial charge is 0.379 e. The highest BCUT2D eigenvalue weighted by Crippen LogP contribution is 2.32. The van der Waals surface area contributed by atoms with Crippen LogP contribution in [0.4, 0.5) is 13.2 Å². The molecule has 1 atom stereocenters. The summed E-state index contributed by atoms with van der Waals surface area (Å²) in [6.07, 6.45) is -3.89. The lowest BCUT2D eigenvalue weighted by Crippen LogP contribution is -2.37. The van der Waals surface area contributed by atoms with Gasteiger partial charge in [-0.05, 0) is 18.6 Å². The lowest BCUT2D eigenvalue weighted by atomic mass is 10.0. The molecule has 0 saturated carbocycles. The van der Waals surface area contributed by atoms with Crippen LogP contribution in [0.5, 0.6) is 0 Å². The molecule has 0 bridgehead atoms. The Bertz CT molecular complexity index is 648. The first-order valence-electron chi connectivity index (χ1n) is 6.27. The number of ether oxygens (including phenoxy) is 1. The van der Waals surface area contributed by atoms with Gasteiger partial charge in [0, 0.05) is 12.2 Å². The standard InChI is InChI=1S/C13H12F3N3O2/c14-13(15,16)9-3-1-2-8(6-9)10-18-11(21-19-10)12(17)4-5-20-7-12/h1-3,6H,4-5,7,17H2. The van der Waals surface area contributed by atoms with Gasteiger partial charge in [0.2, 0.25) is 11.7 Å². The van der Waals surface area contributed by atoms with E-state index in [9.17, 15) is 13.2 Å². The maximum Gasteiger partial charge on any atom is 0.416 e. The third-order valence-electron chi connectivity index (χ3n) is 3.35. The van der Waals surface area contributed by atoms with Crippen molar-refractivity contribution in [2.75, 3.05) is 13.2 Å². The molecule has 1 saturated heterocycles. The number of nitrogens with two attached hydrogens (primary N) is 1. The number of halogens is 3. The van der Waals surface area contributed by atoms with Crippen molar-refractivity contribution in [3.63, 3.8) is 0 Å². The Morgan fingerprint density at radius 1 is 1.29 bits per heavy atom. The fourth-order valence-corrected chi connectivity index (χ4v) is 2.13. The first kappa shape index (κ1) is 14.0. The highest BCUT2D eigenvalue weighted by Gasteiger charge is 2.38. The van der Waals surface area contributed by atoms with Gasteiger partial charge in [-0.1, -0.05) is 17.3 Å². The van der Waals surface area contributed by atoms with Crippen LogP contribution in [0.3, 0.4) is 0 Å². The summed E-state index contributed by atoms with van der Waals surface area (Å²) in [6.45, 7) is 0.731. The molecule has 112 valence electrons. The van der Waals surface area contributed by atoms with Crippen molar-refractivity contribution >= 4 is 0 Å². The van der Waals surface area contributed by atoms with E-state index >= 15 is 0 Å². The predicted octanol–water partition coefficient (Wildman–Crippen LogP) is 2.33. The van der Waals surface area contributed by atoms with Gasteiger partial charge in [-0.3, -0.25) is 0 Å². The first-order valence-corrected chi connectivity index (χ1v) is 6.27. The molecule has 1 aromatic heterocycles. The van der Waals surface area contributed by atoms with Crippen LogP contribution in [0, 0.1) is 0 Å². The highest BCUT2D eigenvalue weighted by molar-refractivity contribution is 5.55. The van der Waals surface area contributed by atoms with Crippen LogP contribution >= 0.6 is 0 Å². The van der Waals surface area contributed by atoms with Gasteiger partial charge in [0.25, 0.3) is 0 Å². The van der Waals surface area contributed by atoms with Crippen LogP contribution < -0.4 is 5.73 Å². The zero-order valence-electron chi connectivity index (χ0n) is 10.9. The van der Waals surface area contributed by atoms with Gasteiger partial charge in [0.1, 0.15) is 5.54 Å². The van der Waals surface area contributed by atoms with Gasteiger partial charge < -0.3 is 15.0 Å². The number of benzene rings is 1. The summed E-state index contributed by atoms with van der Waals surface area (Å²) in [5.41, 5.74) is 4.66. The third kappa shape index (κ3) is 2.64. The number of hydrogen-bond donors (Lipinski definition) is 1. The molecule has 2 N–H and O–H groups in total. The monoisotopic (exact) mass is 299 g/mol. The zero-order valence-corrected chi connectivity index (χ0v) is 10.9. The molecular formula is C13H12F3N3O2. The van der Waals surface area contributed by atoms with Crippen molar-refractivity contribution in [3.8, 4) is 11.4 Å². The second-order valence-electron chi connectivity index (χ2n) is 4.96. The van der Waals surface area contributed by atoms with Gasteiger partial charge in [-0.2, -0.15) is 18.2 Å². The quantitative estimate of drug-likeness (QED) is 0.921. The Morgan fingerprint density at radius 3 is 2.76 bits per heavy atom. The molecular weight excluding hydrogens is 287 g/mol. The second kappa shape index (κ2) is 4.81. The Labute approximate surface area is 117 Å². The lowest BCUT2D eigenvalue weighted by molar-refractivity contribution is -0.137. The van der Waals surface area contributed by atoms with Crippen molar-refractivity contribution in [2.45, 2.75) is 18.1 Å². The van der Waals surface area contributed by atoms with E-state index in [0.29, 0.717) is 13.0 Å². The van der Waals surface area contributed by atoms with Crippen molar-refractivity contribution in [1.29, 1.82) is 0 Å². The minimum atomic E-state index is -4.42. The zero-order chi connectivity index (χ0) is 15.1. The molecule has 1 fully saturated rings. The molecule has 21 heavy (non-hydrogen) atoms. The van der Waals surface area contributed by atoms with Crippen LogP contribution in [-0.2, 0) is 16.5 Å². The van der Waals surface area contributed by atoms with Crippen molar-refractivity contribution in [2.24, 2.45) is 5.73 Å². The minimum Gasteiger partial charge on any atom is -0.379 e. The summed E-state index contributed by atoms with van der Waals surface area (Å²) in [7, 11) is 0. The van der Waals surface area contributed by atoms with Crippen LogP contribution in [0.2, 0.25) is 0 Å². The second-order valence-corrected chi connectivity index (χ2v) is 4.96. The summed E-state index contributed by atoms with van der Waals surface area (Å²) >= 11 is 0.